The van der Waals surface area contributed by atoms with Crippen molar-refractivity contribution in [2.45, 2.75) is 4.90 Å². The molecule has 4 aromatic rings. The minimum Gasteiger partial charge on any atom is -1.00 e. The minimum atomic E-state index is -4.26. The first-order valence-corrected chi connectivity index (χ1v) is 12.0. The van der Waals surface area contributed by atoms with Gasteiger partial charge in [-0.15, -0.1) is 0 Å². The molecule has 0 unspecified atom stereocenters. The van der Waals surface area contributed by atoms with Gasteiger partial charge in [-0.3, -0.25) is 4.55 Å². The summed E-state index contributed by atoms with van der Waals surface area (Å²) in [4.78, 5) is 16.1. The van der Waals surface area contributed by atoms with Gasteiger partial charge in [0.15, 0.2) is 0 Å². The molecule has 8 bridgehead atoms. The molecule has 266 valence electrons. The van der Waals surface area contributed by atoms with Gasteiger partial charge in [-0.1, -0.05) is 12.1 Å². The van der Waals surface area contributed by atoms with Crippen LogP contribution >= 0.6 is 0 Å². The first kappa shape index (κ1) is 61.9. The Bertz CT molecular complexity index is 1820. The standard InChI is InChI=1S/C26H18N4O3S.Mg.12H2O.2H/c31-34(32,33)24-9-1-16(2-10-24)25-14-23-13-21-6-5-19(28-21)11-17-3-4-18(27-17)12-20-7-8-22(29-20)15-26(25)30-23;;;;;;;;;;;;;;;/h1-15,28-29H,(H,31,32,33);;12*1H2;;/q;+2;;;;;;;;;;;;;2*-1. The van der Waals surface area contributed by atoms with E-state index in [4.69, 9.17) is 4.98 Å². The van der Waals surface area contributed by atoms with E-state index < -0.39 is 10.1 Å². The molecule has 3 aromatic heterocycles. The summed E-state index contributed by atoms with van der Waals surface area (Å²) >= 11 is 0. The van der Waals surface area contributed by atoms with Crippen LogP contribution in [-0.2, 0) is 10.1 Å². The number of hydrogen-bond donors (Lipinski definition) is 3. The molecule has 0 saturated carbocycles. The van der Waals surface area contributed by atoms with E-state index in [2.05, 4.69) is 15.0 Å². The van der Waals surface area contributed by atoms with Crippen molar-refractivity contribution in [1.82, 2.24) is 19.9 Å². The van der Waals surface area contributed by atoms with Gasteiger partial charge in [0.05, 0.1) is 27.7 Å². The van der Waals surface area contributed by atoms with Crippen LogP contribution in [-0.4, -0.2) is 122 Å². The summed E-state index contributed by atoms with van der Waals surface area (Å²) in [5, 5.41) is 0. The Morgan fingerprint density at radius 1 is 0.532 bits per heavy atom. The molecule has 0 aliphatic carbocycles. The van der Waals surface area contributed by atoms with Crippen LogP contribution in [0.2, 0.25) is 0 Å². The molecule has 0 amide bonds. The quantitative estimate of drug-likeness (QED) is 0.117. The Labute approximate surface area is 285 Å². The second-order valence-corrected chi connectivity index (χ2v) is 9.51. The van der Waals surface area contributed by atoms with Crippen molar-refractivity contribution in [3.05, 3.63) is 101 Å². The summed E-state index contributed by atoms with van der Waals surface area (Å²) in [6, 6.07) is 21.9. The summed E-state index contributed by atoms with van der Waals surface area (Å²) in [6.07, 6.45) is 5.91. The number of aromatic amines is 2. The number of fused-ring (bicyclic) bond motifs is 8. The molecular formula is C26H44MgN4O15S. The second-order valence-electron chi connectivity index (χ2n) is 8.09. The largest absolute Gasteiger partial charge is 2.00 e. The number of nitrogens with one attached hydrogen (secondary N) is 2. The first-order chi connectivity index (χ1) is 16.4. The van der Waals surface area contributed by atoms with Crippen LogP contribution in [0.1, 0.15) is 31.2 Å². The fourth-order valence-corrected chi connectivity index (χ4v) is 4.53. The van der Waals surface area contributed by atoms with E-state index in [1.54, 1.807) is 12.1 Å². The predicted octanol–water partition coefficient (Wildman–Crippen LogP) is -4.73. The smallest absolute Gasteiger partial charge is 1.00 e. The third kappa shape index (κ3) is 13.3. The molecule has 2 aliphatic heterocycles. The summed E-state index contributed by atoms with van der Waals surface area (Å²) in [6.45, 7) is 0. The van der Waals surface area contributed by atoms with Crippen molar-refractivity contribution >= 4 is 79.0 Å². The van der Waals surface area contributed by atoms with E-state index in [1.807, 2.05) is 66.8 Å². The summed E-state index contributed by atoms with van der Waals surface area (Å²) in [5.74, 6) is 0. The van der Waals surface area contributed by atoms with Gasteiger partial charge in [-0.25, -0.2) is 9.97 Å². The molecule has 47 heavy (non-hydrogen) atoms. The molecule has 6 rings (SSSR count). The zero-order chi connectivity index (χ0) is 23.3. The van der Waals surface area contributed by atoms with Gasteiger partial charge in [0.25, 0.3) is 10.1 Å². The maximum atomic E-state index is 11.4. The maximum Gasteiger partial charge on any atom is 2.00 e. The fourth-order valence-electron chi connectivity index (χ4n) is 4.05. The number of hydrogen-bond acceptors (Lipinski definition) is 4. The number of H-pyrrole nitrogens is 2. The normalized spacial score (nSPS) is 9.51. The zero-order valence-electron chi connectivity index (χ0n) is 26.4. The van der Waals surface area contributed by atoms with E-state index >= 15 is 0 Å². The Kier molecular flexibility index (Phi) is 31.9. The zero-order valence-corrected chi connectivity index (χ0v) is 26.7. The summed E-state index contributed by atoms with van der Waals surface area (Å²) < 4.78 is 32.2. The van der Waals surface area contributed by atoms with E-state index in [0.717, 1.165) is 56.0 Å². The van der Waals surface area contributed by atoms with Crippen LogP contribution in [0.5, 0.6) is 0 Å². The van der Waals surface area contributed by atoms with Gasteiger partial charge < -0.3 is 78.5 Å². The minimum absolute atomic E-state index is 0. The third-order valence-corrected chi connectivity index (χ3v) is 6.50. The van der Waals surface area contributed by atoms with Crippen molar-refractivity contribution in [2.24, 2.45) is 0 Å². The number of aromatic nitrogens is 4. The van der Waals surface area contributed by atoms with Gasteiger partial charge in [-0.2, -0.15) is 8.42 Å². The molecule has 21 heteroatoms. The Balaban J connectivity index is -0.000000127. The molecular weight excluding hydrogens is 665 g/mol. The van der Waals surface area contributed by atoms with Crippen molar-refractivity contribution in [3.8, 4) is 0 Å². The number of nitrogens with zero attached hydrogens (tertiary/aromatic N) is 2. The van der Waals surface area contributed by atoms with Crippen LogP contribution in [0.25, 0.3) is 45.9 Å². The van der Waals surface area contributed by atoms with Crippen molar-refractivity contribution in [3.63, 3.8) is 0 Å². The van der Waals surface area contributed by atoms with Crippen LogP contribution in [0, 0.1) is 0 Å². The molecule has 0 radical (unpaired) electrons. The topological polar surface area (TPSA) is 490 Å². The maximum absolute atomic E-state index is 11.4. The summed E-state index contributed by atoms with van der Waals surface area (Å²) in [5.41, 5.74) is 8.48. The first-order valence-electron chi connectivity index (χ1n) is 10.6. The van der Waals surface area contributed by atoms with E-state index in [0.29, 0.717) is 0 Å². The van der Waals surface area contributed by atoms with Crippen LogP contribution in [0.4, 0.5) is 0 Å². The Morgan fingerprint density at radius 2 is 0.915 bits per heavy atom. The molecule has 0 spiro atoms. The van der Waals surface area contributed by atoms with Gasteiger partial charge in [-0.05, 0) is 84.5 Å². The van der Waals surface area contributed by atoms with E-state index in [9.17, 15) is 13.0 Å². The van der Waals surface area contributed by atoms with Gasteiger partial charge in [0.2, 0.25) is 0 Å². The molecule has 2 aliphatic rings. The predicted molar refractivity (Wildman–Crippen MR) is 185 cm³/mol. The van der Waals surface area contributed by atoms with Gasteiger partial charge in [0, 0.05) is 27.6 Å². The molecule has 0 fully saturated rings. The summed E-state index contributed by atoms with van der Waals surface area (Å²) in [7, 11) is -4.26. The molecule has 27 N–H and O–H groups in total. The molecule has 0 saturated heterocycles. The SMILES string of the molecule is O.O.O.O.O.O.O.O.O.O.O.O.O=S(=O)(O)c1ccc(C2=Cc3cc4ccc(cc5nc(cc6ccc(cc2n3)[nH]6)C=C5)[nH]4)cc1.[H-].[H-].[Mg+2]. The van der Waals surface area contributed by atoms with Crippen LogP contribution < -0.4 is 0 Å². The molecule has 1 aromatic carbocycles. The van der Waals surface area contributed by atoms with Gasteiger partial charge >= 0.3 is 23.1 Å². The molecule has 5 heterocycles. The second kappa shape index (κ2) is 24.2. The van der Waals surface area contributed by atoms with E-state index in [-0.39, 0.29) is 96.5 Å². The number of benzene rings is 1. The fraction of sp³-hybridized carbons (Fsp3) is 0. The van der Waals surface area contributed by atoms with Crippen molar-refractivity contribution in [2.75, 3.05) is 0 Å². The average Bonchev–Trinajstić information content (AvgIpc) is 3.58. The van der Waals surface area contributed by atoms with E-state index in [1.165, 1.54) is 12.1 Å². The van der Waals surface area contributed by atoms with Crippen molar-refractivity contribution < 1.29 is 81.5 Å². The Hall–Kier alpha value is -3.98. The third-order valence-electron chi connectivity index (χ3n) is 5.63. The van der Waals surface area contributed by atoms with Crippen LogP contribution in [0.3, 0.4) is 0 Å². The van der Waals surface area contributed by atoms with Gasteiger partial charge in [0.1, 0.15) is 0 Å². The molecule has 19 nitrogen and oxygen atoms in total. The van der Waals surface area contributed by atoms with Crippen LogP contribution in [0.15, 0.2) is 77.7 Å². The monoisotopic (exact) mass is 708 g/mol. The average molecular weight is 709 g/mol. The van der Waals surface area contributed by atoms with Crippen molar-refractivity contribution in [1.29, 1.82) is 0 Å². The molecule has 0 atom stereocenters. The Morgan fingerprint density at radius 3 is 1.32 bits per heavy atom. The number of rotatable bonds is 2.